The molecule has 1 aliphatic rings. The highest BCUT2D eigenvalue weighted by Gasteiger charge is 2.49. The summed E-state index contributed by atoms with van der Waals surface area (Å²) in [5.74, 6) is -0.446. The molecule has 8 nitrogen and oxygen atoms in total. The standard InChI is InChI=1S/C22H26N4O4/c1-4-12-30-19-16(6-5-11-23-19)13-24-18(27)14-26-20(28)22(3,25-21(26)29)17-9-7-15(2)8-10-17/h5-11H,4,12-14H2,1-3H3,(H,24,27)(H,25,29). The molecule has 0 saturated carbocycles. The summed E-state index contributed by atoms with van der Waals surface area (Å²) >= 11 is 0. The van der Waals surface area contributed by atoms with Crippen LogP contribution in [0.15, 0.2) is 42.6 Å². The van der Waals surface area contributed by atoms with E-state index < -0.39 is 23.4 Å². The van der Waals surface area contributed by atoms with Crippen molar-refractivity contribution in [3.8, 4) is 5.88 Å². The maximum atomic E-state index is 12.9. The minimum atomic E-state index is -1.20. The lowest BCUT2D eigenvalue weighted by Gasteiger charge is -2.22. The van der Waals surface area contributed by atoms with Crippen LogP contribution in [0.4, 0.5) is 4.79 Å². The fraction of sp³-hybridized carbons (Fsp3) is 0.364. The van der Waals surface area contributed by atoms with E-state index in [1.165, 1.54) is 0 Å². The molecule has 1 fully saturated rings. The third-order valence-corrected chi connectivity index (χ3v) is 4.97. The normalized spacial score (nSPS) is 18.3. The zero-order chi connectivity index (χ0) is 21.7. The Hall–Kier alpha value is -3.42. The molecule has 1 saturated heterocycles. The summed E-state index contributed by atoms with van der Waals surface area (Å²) < 4.78 is 5.58. The van der Waals surface area contributed by atoms with Gasteiger partial charge in [-0.2, -0.15) is 0 Å². The average Bonchev–Trinajstić information content (AvgIpc) is 2.95. The van der Waals surface area contributed by atoms with E-state index in [1.807, 2.05) is 26.0 Å². The number of nitrogens with one attached hydrogen (secondary N) is 2. The second kappa shape index (κ2) is 8.94. The van der Waals surface area contributed by atoms with Crippen LogP contribution in [0.2, 0.25) is 0 Å². The van der Waals surface area contributed by atoms with Crippen molar-refractivity contribution in [2.24, 2.45) is 0 Å². The fourth-order valence-electron chi connectivity index (χ4n) is 3.20. The number of rotatable bonds is 8. The van der Waals surface area contributed by atoms with Gasteiger partial charge in [-0.15, -0.1) is 0 Å². The topological polar surface area (TPSA) is 101 Å². The van der Waals surface area contributed by atoms with Gasteiger partial charge in [-0.1, -0.05) is 42.8 Å². The number of hydrogen-bond donors (Lipinski definition) is 2. The first-order valence-corrected chi connectivity index (χ1v) is 9.89. The number of aromatic nitrogens is 1. The number of amides is 4. The molecular formula is C22H26N4O4. The third-order valence-electron chi connectivity index (χ3n) is 4.97. The molecule has 0 bridgehead atoms. The van der Waals surface area contributed by atoms with Crippen molar-refractivity contribution in [2.75, 3.05) is 13.2 Å². The molecule has 1 atom stereocenters. The summed E-state index contributed by atoms with van der Waals surface area (Å²) in [6, 6.07) is 10.3. The Morgan fingerprint density at radius 3 is 2.67 bits per heavy atom. The van der Waals surface area contributed by atoms with Gasteiger partial charge in [0, 0.05) is 18.3 Å². The Bertz CT molecular complexity index is 944. The van der Waals surface area contributed by atoms with Gasteiger partial charge in [0.15, 0.2) is 0 Å². The first-order chi connectivity index (χ1) is 14.3. The van der Waals surface area contributed by atoms with Gasteiger partial charge < -0.3 is 15.4 Å². The maximum Gasteiger partial charge on any atom is 0.325 e. The molecule has 1 unspecified atom stereocenters. The van der Waals surface area contributed by atoms with E-state index >= 15 is 0 Å². The number of carbonyl (C=O) groups is 3. The Labute approximate surface area is 175 Å². The van der Waals surface area contributed by atoms with Crippen LogP contribution in [-0.2, 0) is 21.7 Å². The van der Waals surface area contributed by atoms with Crippen molar-refractivity contribution in [2.45, 2.75) is 39.3 Å². The first kappa shape index (κ1) is 21.3. The fourth-order valence-corrected chi connectivity index (χ4v) is 3.20. The van der Waals surface area contributed by atoms with E-state index in [1.54, 1.807) is 37.4 Å². The van der Waals surface area contributed by atoms with Crippen molar-refractivity contribution in [3.63, 3.8) is 0 Å². The molecule has 0 radical (unpaired) electrons. The van der Waals surface area contributed by atoms with E-state index in [2.05, 4.69) is 15.6 Å². The van der Waals surface area contributed by atoms with Gasteiger partial charge in [-0.3, -0.25) is 14.5 Å². The highest BCUT2D eigenvalue weighted by atomic mass is 16.5. The van der Waals surface area contributed by atoms with Crippen LogP contribution in [0, 0.1) is 6.92 Å². The van der Waals surface area contributed by atoms with Crippen molar-refractivity contribution in [3.05, 3.63) is 59.3 Å². The predicted octanol–water partition coefficient (Wildman–Crippen LogP) is 2.26. The number of imide groups is 1. The zero-order valence-electron chi connectivity index (χ0n) is 17.4. The van der Waals surface area contributed by atoms with Crippen LogP contribution >= 0.6 is 0 Å². The summed E-state index contributed by atoms with van der Waals surface area (Å²) in [7, 11) is 0. The van der Waals surface area contributed by atoms with Crippen LogP contribution in [0.25, 0.3) is 0 Å². The number of nitrogens with zero attached hydrogens (tertiary/aromatic N) is 2. The number of carbonyl (C=O) groups excluding carboxylic acids is 3. The molecule has 2 aromatic rings. The highest BCUT2D eigenvalue weighted by Crippen LogP contribution is 2.28. The molecule has 0 aliphatic carbocycles. The van der Waals surface area contributed by atoms with Crippen LogP contribution in [0.1, 0.15) is 37.0 Å². The van der Waals surface area contributed by atoms with Crippen molar-refractivity contribution < 1.29 is 19.1 Å². The van der Waals surface area contributed by atoms with Crippen molar-refractivity contribution in [1.29, 1.82) is 0 Å². The van der Waals surface area contributed by atoms with Gasteiger partial charge in [0.05, 0.1) is 6.61 Å². The molecule has 158 valence electrons. The molecule has 3 rings (SSSR count). The molecule has 1 aromatic carbocycles. The molecule has 2 heterocycles. The summed E-state index contributed by atoms with van der Waals surface area (Å²) in [4.78, 5) is 42.9. The summed E-state index contributed by atoms with van der Waals surface area (Å²) in [6.45, 7) is 5.93. The Kier molecular flexibility index (Phi) is 6.34. The second-order valence-corrected chi connectivity index (χ2v) is 7.41. The number of aryl methyl sites for hydroxylation is 1. The summed E-state index contributed by atoms with van der Waals surface area (Å²) in [5, 5.41) is 5.43. The molecule has 0 spiro atoms. The van der Waals surface area contributed by atoms with Gasteiger partial charge in [0.1, 0.15) is 12.1 Å². The van der Waals surface area contributed by atoms with Gasteiger partial charge >= 0.3 is 6.03 Å². The van der Waals surface area contributed by atoms with Crippen molar-refractivity contribution >= 4 is 17.8 Å². The Morgan fingerprint density at radius 1 is 1.23 bits per heavy atom. The lowest BCUT2D eigenvalue weighted by molar-refractivity contribution is -0.134. The SMILES string of the molecule is CCCOc1ncccc1CNC(=O)CN1C(=O)NC(C)(c2ccc(C)cc2)C1=O. The van der Waals surface area contributed by atoms with E-state index in [9.17, 15) is 14.4 Å². The molecule has 30 heavy (non-hydrogen) atoms. The van der Waals surface area contributed by atoms with Gasteiger partial charge in [-0.05, 0) is 31.9 Å². The number of benzene rings is 1. The van der Waals surface area contributed by atoms with Crippen LogP contribution in [0.5, 0.6) is 5.88 Å². The molecule has 2 N–H and O–H groups in total. The first-order valence-electron chi connectivity index (χ1n) is 9.89. The minimum absolute atomic E-state index is 0.185. The smallest absolute Gasteiger partial charge is 0.325 e. The second-order valence-electron chi connectivity index (χ2n) is 7.41. The predicted molar refractivity (Wildman–Crippen MR) is 111 cm³/mol. The van der Waals surface area contributed by atoms with Crippen molar-refractivity contribution in [1.82, 2.24) is 20.5 Å². The number of hydrogen-bond acceptors (Lipinski definition) is 5. The van der Waals surface area contributed by atoms with Gasteiger partial charge in [0.2, 0.25) is 11.8 Å². The van der Waals surface area contributed by atoms with Crippen LogP contribution in [-0.4, -0.2) is 40.9 Å². The minimum Gasteiger partial charge on any atom is -0.477 e. The van der Waals surface area contributed by atoms with E-state index in [4.69, 9.17) is 4.74 Å². The van der Waals surface area contributed by atoms with E-state index in [-0.39, 0.29) is 13.1 Å². The summed E-state index contributed by atoms with van der Waals surface area (Å²) in [6.07, 6.45) is 2.46. The quantitative estimate of drug-likeness (QED) is 0.650. The van der Waals surface area contributed by atoms with Gasteiger partial charge in [-0.25, -0.2) is 9.78 Å². The maximum absolute atomic E-state index is 12.9. The summed E-state index contributed by atoms with van der Waals surface area (Å²) in [5.41, 5.74) is 1.24. The molecule has 8 heteroatoms. The Balaban J connectivity index is 1.64. The van der Waals surface area contributed by atoms with E-state index in [0.29, 0.717) is 18.1 Å². The molecular weight excluding hydrogens is 384 g/mol. The lowest BCUT2D eigenvalue weighted by atomic mass is 9.91. The lowest BCUT2D eigenvalue weighted by Crippen LogP contribution is -2.43. The zero-order valence-corrected chi connectivity index (χ0v) is 17.4. The largest absolute Gasteiger partial charge is 0.477 e. The number of pyridine rings is 1. The Morgan fingerprint density at radius 2 is 1.97 bits per heavy atom. The monoisotopic (exact) mass is 410 g/mol. The van der Waals surface area contributed by atoms with Gasteiger partial charge in [0.25, 0.3) is 5.91 Å². The molecule has 1 aliphatic heterocycles. The van der Waals surface area contributed by atoms with E-state index in [0.717, 1.165) is 22.4 Å². The average molecular weight is 410 g/mol. The van der Waals surface area contributed by atoms with Crippen LogP contribution in [0.3, 0.4) is 0 Å². The number of ether oxygens (including phenoxy) is 1. The van der Waals surface area contributed by atoms with Crippen LogP contribution < -0.4 is 15.4 Å². The molecule has 4 amide bonds. The highest BCUT2D eigenvalue weighted by molar-refractivity contribution is 6.09. The number of urea groups is 1. The third kappa shape index (κ3) is 4.42. The molecule has 1 aromatic heterocycles.